The van der Waals surface area contributed by atoms with Crippen LogP contribution in [-0.4, -0.2) is 29.8 Å². The Morgan fingerprint density at radius 2 is 1.94 bits per heavy atom. The second kappa shape index (κ2) is 5.90. The molecule has 1 saturated carbocycles. The van der Waals surface area contributed by atoms with E-state index in [1.807, 2.05) is 0 Å². The molecular weight excluding hydrogens is 222 g/mol. The molecule has 0 radical (unpaired) electrons. The number of hydrogen-bond donors (Lipinski definition) is 0. The molecule has 3 heteroatoms. The van der Waals surface area contributed by atoms with Gasteiger partial charge in [0.25, 0.3) is 0 Å². The molecule has 0 N–H and O–H groups in total. The lowest BCUT2D eigenvalue weighted by molar-refractivity contribution is -0.135. The molecule has 2 fully saturated rings. The molecule has 2 nitrogen and oxygen atoms in total. The average Bonchev–Trinajstić information content (AvgIpc) is 2.78. The molecule has 1 saturated heterocycles. The molecule has 1 amide bonds. The van der Waals surface area contributed by atoms with Crippen molar-refractivity contribution in [3.63, 3.8) is 0 Å². The molecule has 1 atom stereocenters. The van der Waals surface area contributed by atoms with Crippen LogP contribution in [0.1, 0.15) is 44.9 Å². The Morgan fingerprint density at radius 3 is 2.62 bits per heavy atom. The maximum Gasteiger partial charge on any atom is 0.225 e. The summed E-state index contributed by atoms with van der Waals surface area (Å²) in [5, 5.41) is 0. The van der Waals surface area contributed by atoms with Crippen LogP contribution in [0.25, 0.3) is 0 Å². The fourth-order valence-corrected chi connectivity index (χ4v) is 3.34. The van der Waals surface area contributed by atoms with E-state index in [1.54, 1.807) is 0 Å². The lowest BCUT2D eigenvalue weighted by atomic mass is 9.88. The van der Waals surface area contributed by atoms with Crippen LogP contribution in [0, 0.1) is 11.8 Å². The highest BCUT2D eigenvalue weighted by Gasteiger charge is 2.30. The highest BCUT2D eigenvalue weighted by atomic mass is 35.5. The molecule has 1 aliphatic heterocycles. The topological polar surface area (TPSA) is 20.3 Å². The summed E-state index contributed by atoms with van der Waals surface area (Å²) in [7, 11) is 0. The van der Waals surface area contributed by atoms with E-state index >= 15 is 0 Å². The maximum absolute atomic E-state index is 12.2. The van der Waals surface area contributed by atoms with Crippen molar-refractivity contribution in [1.82, 2.24) is 4.90 Å². The molecule has 16 heavy (non-hydrogen) atoms. The molecule has 0 aromatic rings. The van der Waals surface area contributed by atoms with Gasteiger partial charge in [-0.1, -0.05) is 19.3 Å². The molecule has 0 spiro atoms. The number of carbonyl (C=O) groups is 1. The van der Waals surface area contributed by atoms with Crippen LogP contribution in [0.2, 0.25) is 0 Å². The predicted molar refractivity (Wildman–Crippen MR) is 66.6 cm³/mol. The van der Waals surface area contributed by atoms with Gasteiger partial charge in [-0.15, -0.1) is 11.6 Å². The summed E-state index contributed by atoms with van der Waals surface area (Å²) in [6.07, 6.45) is 8.27. The van der Waals surface area contributed by atoms with Gasteiger partial charge in [-0.3, -0.25) is 4.79 Å². The minimum absolute atomic E-state index is 0.337. The Kier molecular flexibility index (Phi) is 4.51. The zero-order valence-corrected chi connectivity index (χ0v) is 10.7. The summed E-state index contributed by atoms with van der Waals surface area (Å²) in [5.41, 5.74) is 0. The third-order valence-electron chi connectivity index (χ3n) is 4.07. The normalized spacial score (nSPS) is 27.3. The standard InChI is InChI=1S/C13H22ClNO/c14-8-6-11-7-9-15(10-11)13(16)12-4-2-1-3-5-12/h11-12H,1-10H2. The van der Waals surface area contributed by atoms with Gasteiger partial charge >= 0.3 is 0 Å². The largest absolute Gasteiger partial charge is 0.342 e. The number of likely N-dealkylation sites (tertiary alicyclic amines) is 1. The Labute approximate surface area is 103 Å². The van der Waals surface area contributed by atoms with E-state index in [2.05, 4.69) is 4.90 Å². The molecule has 0 aromatic heterocycles. The van der Waals surface area contributed by atoms with Gasteiger partial charge in [-0.2, -0.15) is 0 Å². The Morgan fingerprint density at radius 1 is 1.19 bits per heavy atom. The molecule has 1 unspecified atom stereocenters. The molecule has 0 aromatic carbocycles. The average molecular weight is 244 g/mol. The highest BCUT2D eigenvalue weighted by Crippen LogP contribution is 2.28. The molecule has 2 aliphatic rings. The number of carbonyl (C=O) groups excluding carboxylic acids is 1. The van der Waals surface area contributed by atoms with E-state index in [4.69, 9.17) is 11.6 Å². The van der Waals surface area contributed by atoms with E-state index in [1.165, 1.54) is 19.3 Å². The van der Waals surface area contributed by atoms with E-state index < -0.39 is 0 Å². The molecule has 1 heterocycles. The summed E-state index contributed by atoms with van der Waals surface area (Å²) < 4.78 is 0. The third kappa shape index (κ3) is 2.91. The fraction of sp³-hybridized carbons (Fsp3) is 0.923. The van der Waals surface area contributed by atoms with Crippen LogP contribution >= 0.6 is 11.6 Å². The second-order valence-electron chi connectivity index (χ2n) is 5.25. The lowest BCUT2D eigenvalue weighted by Crippen LogP contribution is -2.35. The third-order valence-corrected chi connectivity index (χ3v) is 4.29. The van der Waals surface area contributed by atoms with Gasteiger partial charge in [0.05, 0.1) is 0 Å². The van der Waals surface area contributed by atoms with Crippen molar-refractivity contribution in [1.29, 1.82) is 0 Å². The van der Waals surface area contributed by atoms with Crippen LogP contribution in [0.15, 0.2) is 0 Å². The van der Waals surface area contributed by atoms with E-state index in [9.17, 15) is 4.79 Å². The SMILES string of the molecule is O=C(C1CCCCC1)N1CCC(CCCl)C1. The molecular formula is C13H22ClNO. The second-order valence-corrected chi connectivity index (χ2v) is 5.63. The van der Waals surface area contributed by atoms with Crippen molar-refractivity contribution < 1.29 is 4.79 Å². The first-order chi connectivity index (χ1) is 7.81. The van der Waals surface area contributed by atoms with Crippen molar-refractivity contribution in [2.24, 2.45) is 11.8 Å². The number of halogens is 1. The minimum Gasteiger partial charge on any atom is -0.342 e. The van der Waals surface area contributed by atoms with Gasteiger partial charge in [0.15, 0.2) is 0 Å². The van der Waals surface area contributed by atoms with Crippen LogP contribution in [-0.2, 0) is 4.79 Å². The Bertz CT molecular complexity index is 238. The van der Waals surface area contributed by atoms with Crippen LogP contribution in [0.5, 0.6) is 0 Å². The summed E-state index contributed by atoms with van der Waals surface area (Å²) in [6, 6.07) is 0. The summed E-state index contributed by atoms with van der Waals surface area (Å²) in [5.74, 6) is 2.15. The number of hydrogen-bond acceptors (Lipinski definition) is 1. The van der Waals surface area contributed by atoms with Gasteiger partial charge in [0.1, 0.15) is 0 Å². The summed E-state index contributed by atoms with van der Waals surface area (Å²) in [4.78, 5) is 14.3. The number of rotatable bonds is 3. The zero-order valence-electron chi connectivity index (χ0n) is 9.96. The smallest absolute Gasteiger partial charge is 0.225 e. The van der Waals surface area contributed by atoms with Crippen molar-refractivity contribution in [2.75, 3.05) is 19.0 Å². The predicted octanol–water partition coefficient (Wildman–Crippen LogP) is 3.04. The zero-order chi connectivity index (χ0) is 11.4. The van der Waals surface area contributed by atoms with E-state index in [0.717, 1.165) is 44.7 Å². The van der Waals surface area contributed by atoms with Gasteiger partial charge in [0, 0.05) is 24.9 Å². The van der Waals surface area contributed by atoms with Crippen molar-refractivity contribution >= 4 is 17.5 Å². The fourth-order valence-electron chi connectivity index (χ4n) is 3.03. The van der Waals surface area contributed by atoms with Gasteiger partial charge in [-0.05, 0) is 31.6 Å². The minimum atomic E-state index is 0.337. The quantitative estimate of drug-likeness (QED) is 0.698. The molecule has 2 rings (SSSR count). The van der Waals surface area contributed by atoms with E-state index in [-0.39, 0.29) is 0 Å². The van der Waals surface area contributed by atoms with Gasteiger partial charge < -0.3 is 4.90 Å². The van der Waals surface area contributed by atoms with Crippen LogP contribution in [0.4, 0.5) is 0 Å². The van der Waals surface area contributed by atoms with Crippen molar-refractivity contribution in [3.05, 3.63) is 0 Å². The van der Waals surface area contributed by atoms with Crippen LogP contribution < -0.4 is 0 Å². The molecule has 92 valence electrons. The van der Waals surface area contributed by atoms with Gasteiger partial charge in [0.2, 0.25) is 5.91 Å². The van der Waals surface area contributed by atoms with Crippen LogP contribution in [0.3, 0.4) is 0 Å². The number of amides is 1. The molecule has 1 aliphatic carbocycles. The summed E-state index contributed by atoms with van der Waals surface area (Å²) in [6.45, 7) is 1.93. The molecule has 0 bridgehead atoms. The van der Waals surface area contributed by atoms with Crippen molar-refractivity contribution in [2.45, 2.75) is 44.9 Å². The first-order valence-electron chi connectivity index (χ1n) is 6.66. The Balaban J connectivity index is 1.81. The Hall–Kier alpha value is -0.240. The summed E-state index contributed by atoms with van der Waals surface area (Å²) >= 11 is 5.75. The first-order valence-corrected chi connectivity index (χ1v) is 7.19. The first kappa shape index (κ1) is 12.2. The number of alkyl halides is 1. The lowest BCUT2D eigenvalue weighted by Gasteiger charge is -2.26. The highest BCUT2D eigenvalue weighted by molar-refractivity contribution is 6.17. The maximum atomic E-state index is 12.2. The number of nitrogens with zero attached hydrogens (tertiary/aromatic N) is 1. The monoisotopic (exact) mass is 243 g/mol. The van der Waals surface area contributed by atoms with Gasteiger partial charge in [-0.25, -0.2) is 0 Å². The van der Waals surface area contributed by atoms with Crippen molar-refractivity contribution in [3.8, 4) is 0 Å². The van der Waals surface area contributed by atoms with E-state index in [0.29, 0.717) is 17.7 Å².